The smallest absolute Gasteiger partial charge is 0.267 e. The van der Waals surface area contributed by atoms with Crippen molar-refractivity contribution in [1.29, 1.82) is 0 Å². The lowest BCUT2D eigenvalue weighted by Gasteiger charge is -2.31. The second-order valence-electron chi connectivity index (χ2n) is 6.11. The molecule has 0 unspecified atom stereocenters. The number of hydrogen-bond donors (Lipinski definition) is 1. The standard InChI is InChI=1S/C17H19BrN4O2S/c1-11-15(25-21-20-11)17(24)22-8-6-12(7-9-22)10-19-16(23)13-4-2-3-5-14(13)18/h2-5,12H,6-10H2,1H3,(H,19,23). The van der Waals surface area contributed by atoms with Gasteiger partial charge in [0.05, 0.1) is 11.3 Å². The predicted molar refractivity (Wildman–Crippen MR) is 99.7 cm³/mol. The van der Waals surface area contributed by atoms with Crippen LogP contribution in [0.2, 0.25) is 0 Å². The molecule has 0 atom stereocenters. The minimum atomic E-state index is -0.0719. The number of piperidine rings is 1. The number of rotatable bonds is 4. The molecule has 1 aliphatic heterocycles. The zero-order valence-electron chi connectivity index (χ0n) is 13.9. The summed E-state index contributed by atoms with van der Waals surface area (Å²) >= 11 is 4.55. The normalized spacial score (nSPS) is 15.2. The zero-order valence-corrected chi connectivity index (χ0v) is 16.3. The van der Waals surface area contributed by atoms with Crippen molar-refractivity contribution in [2.24, 2.45) is 5.92 Å². The lowest BCUT2D eigenvalue weighted by Crippen LogP contribution is -2.41. The number of likely N-dealkylation sites (tertiary alicyclic amines) is 1. The third-order valence-corrected chi connectivity index (χ3v) is 5.92. The fourth-order valence-electron chi connectivity index (χ4n) is 2.89. The lowest BCUT2D eigenvalue weighted by molar-refractivity contribution is 0.0688. The maximum absolute atomic E-state index is 12.5. The lowest BCUT2D eigenvalue weighted by atomic mass is 9.96. The summed E-state index contributed by atoms with van der Waals surface area (Å²) in [5.41, 5.74) is 1.33. The van der Waals surface area contributed by atoms with Crippen LogP contribution in [0.5, 0.6) is 0 Å². The van der Waals surface area contributed by atoms with Gasteiger partial charge in [0.25, 0.3) is 11.8 Å². The van der Waals surface area contributed by atoms with E-state index in [1.54, 1.807) is 13.0 Å². The van der Waals surface area contributed by atoms with Gasteiger partial charge < -0.3 is 10.2 Å². The summed E-state index contributed by atoms with van der Waals surface area (Å²) in [6.07, 6.45) is 1.76. The Balaban J connectivity index is 1.48. The zero-order chi connectivity index (χ0) is 17.8. The summed E-state index contributed by atoms with van der Waals surface area (Å²) in [6, 6.07) is 7.38. The van der Waals surface area contributed by atoms with Gasteiger partial charge in [0.15, 0.2) is 0 Å². The van der Waals surface area contributed by atoms with Gasteiger partial charge in [-0.3, -0.25) is 9.59 Å². The van der Waals surface area contributed by atoms with Crippen molar-refractivity contribution < 1.29 is 9.59 Å². The third kappa shape index (κ3) is 4.24. The molecule has 1 fully saturated rings. The van der Waals surface area contributed by atoms with Gasteiger partial charge in [-0.05, 0) is 65.3 Å². The van der Waals surface area contributed by atoms with Crippen molar-refractivity contribution in [1.82, 2.24) is 19.8 Å². The topological polar surface area (TPSA) is 75.2 Å². The molecule has 1 saturated heterocycles. The van der Waals surface area contributed by atoms with Gasteiger partial charge in [0.2, 0.25) is 0 Å². The maximum Gasteiger partial charge on any atom is 0.267 e. The Morgan fingerprint density at radius 1 is 1.32 bits per heavy atom. The van der Waals surface area contributed by atoms with Gasteiger partial charge in [-0.15, -0.1) is 5.10 Å². The van der Waals surface area contributed by atoms with E-state index in [9.17, 15) is 9.59 Å². The fraction of sp³-hybridized carbons (Fsp3) is 0.412. The highest BCUT2D eigenvalue weighted by Gasteiger charge is 2.26. The largest absolute Gasteiger partial charge is 0.352 e. The number of hydrogen-bond acceptors (Lipinski definition) is 5. The first-order valence-corrected chi connectivity index (χ1v) is 9.74. The second-order valence-corrected chi connectivity index (χ2v) is 7.72. The molecule has 0 radical (unpaired) electrons. The molecule has 8 heteroatoms. The molecular weight excluding hydrogens is 404 g/mol. The van der Waals surface area contributed by atoms with E-state index in [-0.39, 0.29) is 11.8 Å². The highest BCUT2D eigenvalue weighted by molar-refractivity contribution is 9.10. The SMILES string of the molecule is Cc1nnsc1C(=O)N1CCC(CNC(=O)c2ccccc2Br)CC1. The van der Waals surface area contributed by atoms with Gasteiger partial charge in [-0.25, -0.2) is 0 Å². The number of carbonyl (C=O) groups is 2. The number of aromatic nitrogens is 2. The molecule has 6 nitrogen and oxygen atoms in total. The minimum Gasteiger partial charge on any atom is -0.352 e. The first-order valence-electron chi connectivity index (χ1n) is 8.17. The van der Waals surface area contributed by atoms with Crippen LogP contribution in [0, 0.1) is 12.8 Å². The molecule has 2 amide bonds. The summed E-state index contributed by atoms with van der Waals surface area (Å²) in [5, 5.41) is 6.90. The van der Waals surface area contributed by atoms with E-state index in [2.05, 4.69) is 30.8 Å². The average Bonchev–Trinajstić information content (AvgIpc) is 3.06. The average molecular weight is 423 g/mol. The Morgan fingerprint density at radius 3 is 2.68 bits per heavy atom. The highest BCUT2D eigenvalue weighted by Crippen LogP contribution is 2.21. The first-order chi connectivity index (χ1) is 12.1. The van der Waals surface area contributed by atoms with E-state index in [0.29, 0.717) is 41.7 Å². The van der Waals surface area contributed by atoms with E-state index in [1.807, 2.05) is 23.1 Å². The van der Waals surface area contributed by atoms with E-state index in [0.717, 1.165) is 28.8 Å². The number of halogens is 1. The van der Waals surface area contributed by atoms with Crippen molar-refractivity contribution in [2.75, 3.05) is 19.6 Å². The van der Waals surface area contributed by atoms with Crippen LogP contribution in [0.25, 0.3) is 0 Å². The van der Waals surface area contributed by atoms with Gasteiger partial charge in [-0.1, -0.05) is 16.6 Å². The number of nitrogens with zero attached hydrogens (tertiary/aromatic N) is 3. The van der Waals surface area contributed by atoms with E-state index in [4.69, 9.17) is 0 Å². The van der Waals surface area contributed by atoms with Crippen molar-refractivity contribution in [3.05, 3.63) is 44.9 Å². The highest BCUT2D eigenvalue weighted by atomic mass is 79.9. The summed E-state index contributed by atoms with van der Waals surface area (Å²) in [7, 11) is 0. The van der Waals surface area contributed by atoms with Crippen molar-refractivity contribution in [2.45, 2.75) is 19.8 Å². The summed E-state index contributed by atoms with van der Waals surface area (Å²) in [5.74, 6) is 0.330. The van der Waals surface area contributed by atoms with Crippen LogP contribution >= 0.6 is 27.5 Å². The Kier molecular flexibility index (Phi) is 5.80. The Morgan fingerprint density at radius 2 is 2.04 bits per heavy atom. The molecule has 0 spiro atoms. The molecule has 132 valence electrons. The number of benzene rings is 1. The Hall–Kier alpha value is -1.80. The van der Waals surface area contributed by atoms with E-state index < -0.39 is 0 Å². The summed E-state index contributed by atoms with van der Waals surface area (Å²) < 4.78 is 4.62. The summed E-state index contributed by atoms with van der Waals surface area (Å²) in [4.78, 5) is 27.2. The number of nitrogens with one attached hydrogen (secondary N) is 1. The van der Waals surface area contributed by atoms with Crippen LogP contribution in [0.15, 0.2) is 28.7 Å². The molecule has 2 heterocycles. The van der Waals surface area contributed by atoms with Gasteiger partial charge in [0.1, 0.15) is 4.88 Å². The molecule has 1 N–H and O–H groups in total. The van der Waals surface area contributed by atoms with Crippen LogP contribution in [-0.2, 0) is 0 Å². The molecule has 25 heavy (non-hydrogen) atoms. The fourth-order valence-corrected chi connectivity index (χ4v) is 3.98. The number of aryl methyl sites for hydroxylation is 1. The minimum absolute atomic E-state index is 0.0169. The molecule has 0 bridgehead atoms. The molecule has 1 aromatic carbocycles. The van der Waals surface area contributed by atoms with E-state index >= 15 is 0 Å². The van der Waals surface area contributed by atoms with Crippen molar-refractivity contribution >= 4 is 39.3 Å². The Bertz CT molecular complexity index is 772. The van der Waals surface area contributed by atoms with Gasteiger partial charge in [-0.2, -0.15) is 0 Å². The van der Waals surface area contributed by atoms with Crippen LogP contribution < -0.4 is 5.32 Å². The quantitative estimate of drug-likeness (QED) is 0.821. The van der Waals surface area contributed by atoms with Crippen LogP contribution in [0.3, 0.4) is 0 Å². The van der Waals surface area contributed by atoms with Crippen molar-refractivity contribution in [3.8, 4) is 0 Å². The van der Waals surface area contributed by atoms with Crippen LogP contribution in [0.1, 0.15) is 38.6 Å². The molecule has 0 saturated carbocycles. The predicted octanol–water partition coefficient (Wildman–Crippen LogP) is 2.89. The maximum atomic E-state index is 12.5. The summed E-state index contributed by atoms with van der Waals surface area (Å²) in [6.45, 7) is 3.83. The molecular formula is C17H19BrN4O2S. The van der Waals surface area contributed by atoms with Gasteiger partial charge in [0, 0.05) is 24.1 Å². The van der Waals surface area contributed by atoms with E-state index in [1.165, 1.54) is 0 Å². The Labute approximate surface area is 158 Å². The molecule has 1 aromatic heterocycles. The molecule has 2 aromatic rings. The number of amides is 2. The third-order valence-electron chi connectivity index (χ3n) is 4.42. The van der Waals surface area contributed by atoms with Gasteiger partial charge >= 0.3 is 0 Å². The molecule has 3 rings (SSSR count). The molecule has 1 aliphatic rings. The van der Waals surface area contributed by atoms with Crippen LogP contribution in [-0.4, -0.2) is 45.9 Å². The second kappa shape index (κ2) is 8.05. The first kappa shape index (κ1) is 18.0. The van der Waals surface area contributed by atoms with Crippen molar-refractivity contribution in [3.63, 3.8) is 0 Å². The number of carbonyl (C=O) groups excluding carboxylic acids is 2. The van der Waals surface area contributed by atoms with Crippen LogP contribution in [0.4, 0.5) is 0 Å². The monoisotopic (exact) mass is 422 g/mol. The molecule has 0 aliphatic carbocycles.